The zero-order valence-corrected chi connectivity index (χ0v) is 14.8. The number of alkyl carbamates (subject to hydrolysis) is 1. The van der Waals surface area contributed by atoms with Crippen molar-refractivity contribution in [3.63, 3.8) is 0 Å². The van der Waals surface area contributed by atoms with Gasteiger partial charge < -0.3 is 19.7 Å². The Hall–Kier alpha value is -1.79. The van der Waals surface area contributed by atoms with Crippen molar-refractivity contribution in [1.82, 2.24) is 10.2 Å². The van der Waals surface area contributed by atoms with E-state index in [-0.39, 0.29) is 11.8 Å². The Morgan fingerprint density at radius 1 is 1.30 bits per heavy atom. The molecule has 0 radical (unpaired) electrons. The van der Waals surface area contributed by atoms with Crippen LogP contribution in [0.4, 0.5) is 4.79 Å². The van der Waals surface area contributed by atoms with Crippen LogP contribution in [0.15, 0.2) is 0 Å². The highest BCUT2D eigenvalue weighted by Gasteiger charge is 2.42. The van der Waals surface area contributed by atoms with E-state index in [1.807, 2.05) is 6.92 Å². The van der Waals surface area contributed by atoms with Crippen molar-refractivity contribution in [2.75, 3.05) is 13.7 Å². The van der Waals surface area contributed by atoms with Crippen LogP contribution in [-0.2, 0) is 19.1 Å². The maximum atomic E-state index is 12.7. The van der Waals surface area contributed by atoms with Gasteiger partial charge in [-0.25, -0.2) is 9.59 Å². The first-order valence-corrected chi connectivity index (χ1v) is 7.98. The van der Waals surface area contributed by atoms with E-state index in [4.69, 9.17) is 9.47 Å². The predicted molar refractivity (Wildman–Crippen MR) is 84.7 cm³/mol. The largest absolute Gasteiger partial charge is 0.467 e. The first-order chi connectivity index (χ1) is 10.6. The van der Waals surface area contributed by atoms with E-state index in [2.05, 4.69) is 5.32 Å². The van der Waals surface area contributed by atoms with Gasteiger partial charge in [0.15, 0.2) is 0 Å². The number of amides is 2. The van der Waals surface area contributed by atoms with Crippen LogP contribution >= 0.6 is 0 Å². The van der Waals surface area contributed by atoms with Gasteiger partial charge in [-0.1, -0.05) is 13.8 Å². The predicted octanol–water partition coefficient (Wildman–Crippen LogP) is 1.70. The smallest absolute Gasteiger partial charge is 0.408 e. The monoisotopic (exact) mass is 328 g/mol. The van der Waals surface area contributed by atoms with Crippen LogP contribution in [0, 0.1) is 5.92 Å². The van der Waals surface area contributed by atoms with E-state index in [0.29, 0.717) is 13.0 Å². The molecular formula is C16H28N2O5. The van der Waals surface area contributed by atoms with Gasteiger partial charge in [-0.3, -0.25) is 4.79 Å². The quantitative estimate of drug-likeness (QED) is 0.794. The number of nitrogens with one attached hydrogen (secondary N) is 1. The first-order valence-electron chi connectivity index (χ1n) is 7.98. The lowest BCUT2D eigenvalue weighted by molar-refractivity contribution is -0.152. The third kappa shape index (κ3) is 5.11. The third-order valence-corrected chi connectivity index (χ3v) is 3.82. The summed E-state index contributed by atoms with van der Waals surface area (Å²) < 4.78 is 9.99. The van der Waals surface area contributed by atoms with Crippen LogP contribution in [0.1, 0.15) is 47.5 Å². The first kappa shape index (κ1) is 19.3. The summed E-state index contributed by atoms with van der Waals surface area (Å²) in [4.78, 5) is 38.0. The summed E-state index contributed by atoms with van der Waals surface area (Å²) in [7, 11) is 1.31. The van der Waals surface area contributed by atoms with Crippen molar-refractivity contribution >= 4 is 18.0 Å². The number of hydrogen-bond acceptors (Lipinski definition) is 5. The lowest BCUT2D eigenvalue weighted by Crippen LogP contribution is -2.53. The molecule has 0 saturated carbocycles. The number of esters is 1. The van der Waals surface area contributed by atoms with Gasteiger partial charge in [0, 0.05) is 6.54 Å². The van der Waals surface area contributed by atoms with Gasteiger partial charge in [0.05, 0.1) is 7.11 Å². The molecule has 7 nitrogen and oxygen atoms in total. The topological polar surface area (TPSA) is 84.9 Å². The van der Waals surface area contributed by atoms with Crippen molar-refractivity contribution in [3.05, 3.63) is 0 Å². The molecule has 1 heterocycles. The highest BCUT2D eigenvalue weighted by atomic mass is 16.6. The molecule has 0 aromatic rings. The normalized spacial score (nSPS) is 22.4. The molecule has 1 rings (SSSR count). The molecule has 7 heteroatoms. The van der Waals surface area contributed by atoms with Gasteiger partial charge in [-0.2, -0.15) is 0 Å². The second-order valence-electron chi connectivity index (χ2n) is 6.87. The number of carbonyl (C=O) groups excluding carboxylic acids is 3. The number of likely N-dealkylation sites (tertiary alicyclic amines) is 1. The zero-order valence-electron chi connectivity index (χ0n) is 14.8. The summed E-state index contributed by atoms with van der Waals surface area (Å²) in [6.07, 6.45) is 0.505. The Balaban J connectivity index is 2.79. The number of carbonyl (C=O) groups is 3. The SMILES string of the molecule is CC[C@H](NC(=O)OC(C)(C)C)C(=O)N1CC[C@H](C)[C@H]1C(=O)OC. The van der Waals surface area contributed by atoms with Gasteiger partial charge in [0.1, 0.15) is 17.7 Å². The summed E-state index contributed by atoms with van der Waals surface area (Å²) in [5.41, 5.74) is -0.637. The Kier molecular flexibility index (Phi) is 6.41. The highest BCUT2D eigenvalue weighted by molar-refractivity contribution is 5.90. The van der Waals surface area contributed by atoms with Crippen LogP contribution in [0.2, 0.25) is 0 Å². The van der Waals surface area contributed by atoms with E-state index in [9.17, 15) is 14.4 Å². The summed E-state index contributed by atoms with van der Waals surface area (Å²) in [6, 6.07) is -1.32. The van der Waals surface area contributed by atoms with Crippen molar-refractivity contribution in [2.45, 2.75) is 65.1 Å². The molecule has 0 unspecified atom stereocenters. The molecular weight excluding hydrogens is 300 g/mol. The third-order valence-electron chi connectivity index (χ3n) is 3.82. The van der Waals surface area contributed by atoms with E-state index in [1.165, 1.54) is 12.0 Å². The molecule has 1 N–H and O–H groups in total. The van der Waals surface area contributed by atoms with Gasteiger partial charge in [-0.15, -0.1) is 0 Å². The minimum absolute atomic E-state index is 0.0328. The molecule has 0 bridgehead atoms. The molecule has 0 spiro atoms. The fourth-order valence-electron chi connectivity index (χ4n) is 2.66. The summed E-state index contributed by atoms with van der Waals surface area (Å²) in [5, 5.41) is 2.59. The van der Waals surface area contributed by atoms with E-state index >= 15 is 0 Å². The molecule has 1 fully saturated rings. The maximum absolute atomic E-state index is 12.7. The highest BCUT2D eigenvalue weighted by Crippen LogP contribution is 2.26. The molecule has 0 aliphatic carbocycles. The number of nitrogens with zero attached hydrogens (tertiary/aromatic N) is 1. The zero-order chi connectivity index (χ0) is 17.8. The fraction of sp³-hybridized carbons (Fsp3) is 0.812. The molecule has 1 aliphatic rings. The minimum Gasteiger partial charge on any atom is -0.467 e. The van der Waals surface area contributed by atoms with Crippen LogP contribution in [0.5, 0.6) is 0 Å². The number of hydrogen-bond donors (Lipinski definition) is 1. The molecule has 2 amide bonds. The summed E-state index contributed by atoms with van der Waals surface area (Å²) in [5.74, 6) is -0.668. The van der Waals surface area contributed by atoms with Crippen molar-refractivity contribution in [1.29, 1.82) is 0 Å². The Bertz CT molecular complexity index is 458. The maximum Gasteiger partial charge on any atom is 0.408 e. The van der Waals surface area contributed by atoms with Gasteiger partial charge in [-0.05, 0) is 39.5 Å². The Morgan fingerprint density at radius 2 is 1.91 bits per heavy atom. The standard InChI is InChI=1S/C16H28N2O5/c1-7-11(17-15(21)23-16(3,4)5)13(19)18-9-8-10(2)12(18)14(20)22-6/h10-12H,7-9H2,1-6H3,(H,17,21)/t10-,11-,12-/m0/s1. The number of rotatable bonds is 4. The number of ether oxygens (including phenoxy) is 2. The van der Waals surface area contributed by atoms with E-state index in [0.717, 1.165) is 6.42 Å². The molecule has 1 saturated heterocycles. The summed E-state index contributed by atoms with van der Waals surface area (Å²) >= 11 is 0. The Labute approximate surface area is 137 Å². The van der Waals surface area contributed by atoms with Gasteiger partial charge >= 0.3 is 12.1 Å². The van der Waals surface area contributed by atoms with Crippen molar-refractivity contribution in [2.24, 2.45) is 5.92 Å². The molecule has 0 aromatic carbocycles. The summed E-state index contributed by atoms with van der Waals surface area (Å²) in [6.45, 7) is 9.45. The molecule has 132 valence electrons. The van der Waals surface area contributed by atoms with Crippen LogP contribution in [0.3, 0.4) is 0 Å². The number of methoxy groups -OCH3 is 1. The van der Waals surface area contributed by atoms with Crippen LogP contribution in [-0.4, -0.2) is 54.2 Å². The second kappa shape index (κ2) is 7.66. The van der Waals surface area contributed by atoms with E-state index < -0.39 is 29.7 Å². The Morgan fingerprint density at radius 3 is 2.39 bits per heavy atom. The molecule has 23 heavy (non-hydrogen) atoms. The minimum atomic E-state index is -0.720. The fourth-order valence-corrected chi connectivity index (χ4v) is 2.66. The molecule has 3 atom stereocenters. The van der Waals surface area contributed by atoms with Crippen LogP contribution < -0.4 is 5.32 Å². The average molecular weight is 328 g/mol. The van der Waals surface area contributed by atoms with Crippen LogP contribution in [0.25, 0.3) is 0 Å². The average Bonchev–Trinajstić information content (AvgIpc) is 2.83. The molecule has 0 aromatic heterocycles. The van der Waals surface area contributed by atoms with Gasteiger partial charge in [0.25, 0.3) is 0 Å². The van der Waals surface area contributed by atoms with Crippen molar-refractivity contribution in [3.8, 4) is 0 Å². The van der Waals surface area contributed by atoms with E-state index in [1.54, 1.807) is 27.7 Å². The van der Waals surface area contributed by atoms with Crippen molar-refractivity contribution < 1.29 is 23.9 Å². The second-order valence-corrected chi connectivity index (χ2v) is 6.87. The lowest BCUT2D eigenvalue weighted by atomic mass is 10.0. The lowest BCUT2D eigenvalue weighted by Gasteiger charge is -2.29. The van der Waals surface area contributed by atoms with Gasteiger partial charge in [0.2, 0.25) is 5.91 Å². The molecule has 1 aliphatic heterocycles.